The third-order valence-electron chi connectivity index (χ3n) is 2.64. The summed E-state index contributed by atoms with van der Waals surface area (Å²) in [6, 6.07) is 19.5. The van der Waals surface area contributed by atoms with E-state index in [1.165, 1.54) is 0 Å². The molecule has 0 saturated heterocycles. The first-order valence-electron chi connectivity index (χ1n) is 5.74. The fourth-order valence-electron chi connectivity index (χ4n) is 1.78. The first-order chi connectivity index (χ1) is 8.93. The van der Waals surface area contributed by atoms with Gasteiger partial charge in [-0.05, 0) is 24.3 Å². The summed E-state index contributed by atoms with van der Waals surface area (Å²) >= 11 is 0. The fourth-order valence-corrected chi connectivity index (χ4v) is 1.78. The van der Waals surface area contributed by atoms with Gasteiger partial charge in [0.25, 0.3) is 0 Å². The molecule has 0 fully saturated rings. The molecule has 0 atom stereocenters. The summed E-state index contributed by atoms with van der Waals surface area (Å²) in [6.45, 7) is 0. The number of fused-ring (bicyclic) bond motifs is 1. The Morgan fingerprint density at radius 3 is 2.44 bits per heavy atom. The molecule has 3 aromatic rings. The Hall–Kier alpha value is -2.55. The summed E-state index contributed by atoms with van der Waals surface area (Å²) in [7, 11) is 0. The normalized spacial score (nSPS) is 11.1. The molecule has 0 bridgehead atoms. The molecular weight excluding hydrogens is 222 g/mol. The van der Waals surface area contributed by atoms with E-state index in [0.29, 0.717) is 0 Å². The van der Waals surface area contributed by atoms with Crippen LogP contribution < -0.4 is 0 Å². The second-order valence-electron chi connectivity index (χ2n) is 3.89. The quantitative estimate of drug-likeness (QED) is 0.593. The van der Waals surface area contributed by atoms with E-state index in [1.54, 1.807) is 6.20 Å². The van der Waals surface area contributed by atoms with Gasteiger partial charge in [-0.15, -0.1) is 5.11 Å². The highest BCUT2D eigenvalue weighted by Crippen LogP contribution is 2.25. The van der Waals surface area contributed by atoms with E-state index in [2.05, 4.69) is 15.2 Å². The lowest BCUT2D eigenvalue weighted by molar-refractivity contribution is 1.23. The Morgan fingerprint density at radius 2 is 1.56 bits per heavy atom. The molecule has 0 aliphatic rings. The van der Waals surface area contributed by atoms with E-state index < -0.39 is 0 Å². The molecule has 18 heavy (non-hydrogen) atoms. The third kappa shape index (κ3) is 2.11. The summed E-state index contributed by atoms with van der Waals surface area (Å²) in [4.78, 5) is 4.34. The van der Waals surface area contributed by atoms with E-state index in [0.717, 1.165) is 22.3 Å². The van der Waals surface area contributed by atoms with Crippen molar-refractivity contribution >= 4 is 22.3 Å². The minimum atomic E-state index is 0.789. The number of nitrogens with zero attached hydrogens (tertiary/aromatic N) is 3. The van der Waals surface area contributed by atoms with Gasteiger partial charge in [-0.3, -0.25) is 4.98 Å². The Kier molecular flexibility index (Phi) is 2.80. The summed E-state index contributed by atoms with van der Waals surface area (Å²) in [6.07, 6.45) is 1.77. The number of azo groups is 1. The molecule has 0 unspecified atom stereocenters. The van der Waals surface area contributed by atoms with Gasteiger partial charge in [0, 0.05) is 11.6 Å². The second-order valence-corrected chi connectivity index (χ2v) is 3.89. The van der Waals surface area contributed by atoms with Gasteiger partial charge in [0.05, 0.1) is 11.2 Å². The van der Waals surface area contributed by atoms with Crippen LogP contribution in [0.1, 0.15) is 0 Å². The first-order valence-corrected chi connectivity index (χ1v) is 5.74. The van der Waals surface area contributed by atoms with Crippen molar-refractivity contribution < 1.29 is 0 Å². The number of pyridine rings is 1. The van der Waals surface area contributed by atoms with Crippen molar-refractivity contribution in [3.05, 3.63) is 66.9 Å². The lowest BCUT2D eigenvalue weighted by Crippen LogP contribution is -1.77. The molecular formula is C15H11N3. The van der Waals surface area contributed by atoms with Gasteiger partial charge >= 0.3 is 0 Å². The topological polar surface area (TPSA) is 37.6 Å². The van der Waals surface area contributed by atoms with Crippen molar-refractivity contribution in [1.82, 2.24) is 4.98 Å². The minimum absolute atomic E-state index is 0.789. The largest absolute Gasteiger partial charge is 0.254 e. The lowest BCUT2D eigenvalue weighted by Gasteiger charge is -1.99. The zero-order valence-electron chi connectivity index (χ0n) is 9.69. The molecule has 86 valence electrons. The third-order valence-corrected chi connectivity index (χ3v) is 2.64. The Morgan fingerprint density at radius 1 is 0.722 bits per heavy atom. The number of rotatable bonds is 2. The van der Waals surface area contributed by atoms with Gasteiger partial charge in [0.2, 0.25) is 0 Å². The van der Waals surface area contributed by atoms with Gasteiger partial charge < -0.3 is 0 Å². The minimum Gasteiger partial charge on any atom is -0.254 e. The Balaban J connectivity index is 2.03. The number of hydrogen-bond acceptors (Lipinski definition) is 3. The standard InChI is InChI=1S/C15H11N3/c1-2-8-13(9-3-1)17-18-14-10-4-6-12-7-5-11-16-15(12)14/h1-11H. The summed E-state index contributed by atoms with van der Waals surface area (Å²) in [5.74, 6) is 0. The van der Waals surface area contributed by atoms with Crippen LogP contribution in [0.5, 0.6) is 0 Å². The molecule has 3 rings (SSSR count). The molecule has 3 nitrogen and oxygen atoms in total. The Bertz CT molecular complexity index is 685. The summed E-state index contributed by atoms with van der Waals surface area (Å²) in [5.41, 5.74) is 2.50. The Labute approximate surface area is 105 Å². The van der Waals surface area contributed by atoms with Crippen LogP contribution in [-0.2, 0) is 0 Å². The summed E-state index contributed by atoms with van der Waals surface area (Å²) in [5, 5.41) is 9.55. The van der Waals surface area contributed by atoms with Crippen LogP contribution in [-0.4, -0.2) is 4.98 Å². The molecule has 0 aliphatic heterocycles. The van der Waals surface area contributed by atoms with Crippen LogP contribution in [0, 0.1) is 0 Å². The maximum Gasteiger partial charge on any atom is 0.112 e. The van der Waals surface area contributed by atoms with Crippen molar-refractivity contribution in [1.29, 1.82) is 0 Å². The molecule has 0 radical (unpaired) electrons. The number of para-hydroxylation sites is 1. The maximum absolute atomic E-state index is 4.34. The van der Waals surface area contributed by atoms with Crippen molar-refractivity contribution in [2.75, 3.05) is 0 Å². The molecule has 0 spiro atoms. The van der Waals surface area contributed by atoms with Crippen LogP contribution in [0.3, 0.4) is 0 Å². The van der Waals surface area contributed by atoms with Gasteiger partial charge in [0.1, 0.15) is 5.69 Å². The zero-order valence-corrected chi connectivity index (χ0v) is 9.69. The van der Waals surface area contributed by atoms with Crippen LogP contribution in [0.15, 0.2) is 77.1 Å². The van der Waals surface area contributed by atoms with E-state index in [1.807, 2.05) is 60.7 Å². The van der Waals surface area contributed by atoms with E-state index in [9.17, 15) is 0 Å². The van der Waals surface area contributed by atoms with E-state index in [-0.39, 0.29) is 0 Å². The first kappa shape index (κ1) is 10.6. The molecule has 0 saturated carbocycles. The van der Waals surface area contributed by atoms with Gasteiger partial charge in [-0.1, -0.05) is 36.4 Å². The average Bonchev–Trinajstić information content (AvgIpc) is 2.46. The van der Waals surface area contributed by atoms with Gasteiger partial charge in [-0.25, -0.2) is 0 Å². The highest BCUT2D eigenvalue weighted by molar-refractivity contribution is 5.88. The molecule has 0 aliphatic carbocycles. The SMILES string of the molecule is c1ccc(N=Nc2cccc3cccnc23)cc1. The predicted octanol–water partition coefficient (Wildman–Crippen LogP) is 4.65. The maximum atomic E-state index is 4.34. The molecule has 1 heterocycles. The number of hydrogen-bond donors (Lipinski definition) is 0. The van der Waals surface area contributed by atoms with E-state index in [4.69, 9.17) is 0 Å². The highest BCUT2D eigenvalue weighted by atomic mass is 15.1. The molecule has 0 N–H and O–H groups in total. The van der Waals surface area contributed by atoms with Crippen molar-refractivity contribution in [3.8, 4) is 0 Å². The number of aromatic nitrogens is 1. The van der Waals surface area contributed by atoms with Crippen LogP contribution in [0.2, 0.25) is 0 Å². The van der Waals surface area contributed by atoms with Crippen LogP contribution in [0.4, 0.5) is 11.4 Å². The number of benzene rings is 2. The van der Waals surface area contributed by atoms with Gasteiger partial charge in [-0.2, -0.15) is 5.11 Å². The molecule has 0 amide bonds. The summed E-state index contributed by atoms with van der Waals surface area (Å²) < 4.78 is 0. The van der Waals surface area contributed by atoms with Crippen molar-refractivity contribution in [2.24, 2.45) is 10.2 Å². The molecule has 2 aromatic carbocycles. The fraction of sp³-hybridized carbons (Fsp3) is 0. The predicted molar refractivity (Wildman–Crippen MR) is 72.4 cm³/mol. The zero-order chi connectivity index (χ0) is 12.2. The molecule has 3 heteroatoms. The van der Waals surface area contributed by atoms with E-state index >= 15 is 0 Å². The lowest BCUT2D eigenvalue weighted by atomic mass is 10.2. The van der Waals surface area contributed by atoms with Crippen LogP contribution >= 0.6 is 0 Å². The highest BCUT2D eigenvalue weighted by Gasteiger charge is 1.99. The second kappa shape index (κ2) is 4.75. The van der Waals surface area contributed by atoms with Crippen molar-refractivity contribution in [3.63, 3.8) is 0 Å². The molecule has 1 aromatic heterocycles. The smallest absolute Gasteiger partial charge is 0.112 e. The van der Waals surface area contributed by atoms with Crippen LogP contribution in [0.25, 0.3) is 10.9 Å². The van der Waals surface area contributed by atoms with Gasteiger partial charge in [0.15, 0.2) is 0 Å². The average molecular weight is 233 g/mol. The monoisotopic (exact) mass is 233 g/mol. The van der Waals surface area contributed by atoms with Crippen molar-refractivity contribution in [2.45, 2.75) is 0 Å².